The van der Waals surface area contributed by atoms with Crippen molar-refractivity contribution >= 4 is 0 Å². The van der Waals surface area contributed by atoms with Crippen LogP contribution in [0.3, 0.4) is 0 Å². The minimum atomic E-state index is 0.569. The van der Waals surface area contributed by atoms with Crippen molar-refractivity contribution in [1.82, 2.24) is 5.01 Å². The topological polar surface area (TPSA) is 53.0 Å². The predicted molar refractivity (Wildman–Crippen MR) is 62.0 cm³/mol. The molecule has 4 aliphatic carbocycles. The molecule has 4 rings (SSSR count). The van der Waals surface area contributed by atoms with Crippen molar-refractivity contribution in [1.29, 1.82) is 5.26 Å². The van der Waals surface area contributed by atoms with Crippen LogP contribution < -0.4 is 5.84 Å². The number of hydrazine groups is 1. The van der Waals surface area contributed by atoms with Crippen molar-refractivity contribution in [3.05, 3.63) is 0 Å². The summed E-state index contributed by atoms with van der Waals surface area (Å²) < 4.78 is 0. The molecule has 0 aromatic heterocycles. The highest BCUT2D eigenvalue weighted by Gasteiger charge is 2.49. The number of nitrogens with zero attached hydrogens (tertiary/aromatic N) is 2. The zero-order valence-corrected chi connectivity index (χ0v) is 9.81. The van der Waals surface area contributed by atoms with Crippen LogP contribution in [0.1, 0.15) is 38.5 Å². The standard InChI is InChI=1S/C13H21N3/c14-2-1-3-16(15)13-11-5-9-4-10(7-11)8-12(13)6-9/h9-13H,1,3-8,15H2. The molecule has 0 amide bonds. The minimum Gasteiger partial charge on any atom is -0.268 e. The maximum atomic E-state index is 8.63. The third kappa shape index (κ3) is 1.65. The summed E-state index contributed by atoms with van der Waals surface area (Å²) in [4.78, 5) is 0. The van der Waals surface area contributed by atoms with Crippen LogP contribution in [0, 0.1) is 35.0 Å². The second-order valence-corrected chi connectivity index (χ2v) is 6.07. The van der Waals surface area contributed by atoms with Crippen molar-refractivity contribution in [2.24, 2.45) is 29.5 Å². The molecule has 0 spiro atoms. The van der Waals surface area contributed by atoms with E-state index in [-0.39, 0.29) is 0 Å². The Morgan fingerprint density at radius 2 is 1.62 bits per heavy atom. The van der Waals surface area contributed by atoms with Gasteiger partial charge in [0.2, 0.25) is 0 Å². The van der Waals surface area contributed by atoms with Gasteiger partial charge in [-0.2, -0.15) is 5.26 Å². The molecule has 0 aliphatic heterocycles. The van der Waals surface area contributed by atoms with Crippen LogP contribution >= 0.6 is 0 Å². The first-order valence-corrected chi connectivity index (χ1v) is 6.66. The highest BCUT2D eigenvalue weighted by molar-refractivity contribution is 5.01. The number of rotatable bonds is 3. The Morgan fingerprint density at radius 3 is 2.12 bits per heavy atom. The van der Waals surface area contributed by atoms with E-state index >= 15 is 0 Å². The lowest BCUT2D eigenvalue weighted by Crippen LogP contribution is -2.58. The molecular formula is C13H21N3. The number of hydrogen-bond donors (Lipinski definition) is 1. The smallest absolute Gasteiger partial charge is 0.0635 e. The maximum Gasteiger partial charge on any atom is 0.0635 e. The largest absolute Gasteiger partial charge is 0.268 e. The van der Waals surface area contributed by atoms with Crippen molar-refractivity contribution < 1.29 is 0 Å². The molecule has 0 atom stereocenters. The van der Waals surface area contributed by atoms with Crippen LogP contribution in [0.5, 0.6) is 0 Å². The summed E-state index contributed by atoms with van der Waals surface area (Å²) in [5.74, 6) is 9.84. The van der Waals surface area contributed by atoms with Crippen LogP contribution in [-0.2, 0) is 0 Å². The monoisotopic (exact) mass is 219 g/mol. The second kappa shape index (κ2) is 4.01. The van der Waals surface area contributed by atoms with Gasteiger partial charge < -0.3 is 0 Å². The second-order valence-electron chi connectivity index (χ2n) is 6.07. The molecule has 3 heteroatoms. The summed E-state index contributed by atoms with van der Waals surface area (Å²) in [6.07, 6.45) is 7.66. The molecule has 0 heterocycles. The van der Waals surface area contributed by atoms with Gasteiger partial charge in [-0.15, -0.1) is 0 Å². The van der Waals surface area contributed by atoms with Gasteiger partial charge in [-0.3, -0.25) is 5.84 Å². The zero-order valence-electron chi connectivity index (χ0n) is 9.81. The molecule has 2 N–H and O–H groups in total. The summed E-state index contributed by atoms with van der Waals surface area (Å²) in [6, 6.07) is 2.78. The van der Waals surface area contributed by atoms with E-state index in [1.165, 1.54) is 32.1 Å². The van der Waals surface area contributed by atoms with E-state index in [0.717, 1.165) is 30.2 Å². The lowest BCUT2D eigenvalue weighted by atomic mass is 9.54. The van der Waals surface area contributed by atoms with Crippen LogP contribution in [0.15, 0.2) is 0 Å². The average molecular weight is 219 g/mol. The van der Waals surface area contributed by atoms with Crippen LogP contribution in [0.2, 0.25) is 0 Å². The Kier molecular flexibility index (Phi) is 2.65. The van der Waals surface area contributed by atoms with Gasteiger partial charge in [0.1, 0.15) is 0 Å². The molecule has 0 aromatic rings. The normalized spacial score (nSPS) is 44.9. The van der Waals surface area contributed by atoms with E-state index < -0.39 is 0 Å². The summed E-state index contributed by atoms with van der Waals surface area (Å²) in [7, 11) is 0. The summed E-state index contributed by atoms with van der Waals surface area (Å²) in [5, 5.41) is 10.6. The molecule has 4 bridgehead atoms. The average Bonchev–Trinajstić information content (AvgIpc) is 2.24. The summed E-state index contributed by atoms with van der Waals surface area (Å²) in [5.41, 5.74) is 0. The maximum absolute atomic E-state index is 8.63. The molecule has 3 nitrogen and oxygen atoms in total. The first kappa shape index (κ1) is 10.6. The van der Waals surface area contributed by atoms with Crippen molar-refractivity contribution in [3.63, 3.8) is 0 Å². The predicted octanol–water partition coefficient (Wildman–Crippen LogP) is 1.90. The molecule has 4 aliphatic rings. The van der Waals surface area contributed by atoms with E-state index in [2.05, 4.69) is 6.07 Å². The fourth-order valence-electron chi connectivity index (χ4n) is 4.77. The van der Waals surface area contributed by atoms with Gasteiger partial charge in [-0.05, 0) is 55.8 Å². The zero-order chi connectivity index (χ0) is 11.1. The van der Waals surface area contributed by atoms with Crippen molar-refractivity contribution in [2.45, 2.75) is 44.6 Å². The van der Waals surface area contributed by atoms with Gasteiger partial charge in [0.25, 0.3) is 0 Å². The lowest BCUT2D eigenvalue weighted by Gasteiger charge is -2.56. The number of hydrogen-bond acceptors (Lipinski definition) is 3. The van der Waals surface area contributed by atoms with Gasteiger partial charge in [0, 0.05) is 19.0 Å². The first-order valence-electron chi connectivity index (χ1n) is 6.66. The Balaban J connectivity index is 1.69. The summed E-state index contributed by atoms with van der Waals surface area (Å²) >= 11 is 0. The van der Waals surface area contributed by atoms with E-state index in [1.807, 2.05) is 5.01 Å². The molecule has 0 radical (unpaired) electrons. The fraction of sp³-hybridized carbons (Fsp3) is 0.923. The fourth-order valence-corrected chi connectivity index (χ4v) is 4.77. The Labute approximate surface area is 97.6 Å². The quantitative estimate of drug-likeness (QED) is 0.582. The van der Waals surface area contributed by atoms with E-state index in [0.29, 0.717) is 12.5 Å². The molecule has 0 unspecified atom stereocenters. The van der Waals surface area contributed by atoms with Gasteiger partial charge in [-0.25, -0.2) is 5.01 Å². The Hall–Kier alpha value is -0.590. The van der Waals surface area contributed by atoms with Gasteiger partial charge in [-0.1, -0.05) is 0 Å². The van der Waals surface area contributed by atoms with Gasteiger partial charge in [0.05, 0.1) is 6.07 Å². The van der Waals surface area contributed by atoms with Crippen LogP contribution in [0.25, 0.3) is 0 Å². The third-order valence-corrected chi connectivity index (χ3v) is 5.04. The molecular weight excluding hydrogens is 198 g/mol. The number of nitriles is 1. The van der Waals surface area contributed by atoms with Crippen LogP contribution in [0.4, 0.5) is 0 Å². The molecule has 0 saturated heterocycles. The molecule has 88 valence electrons. The first-order chi connectivity index (χ1) is 7.78. The number of nitrogens with two attached hydrogens (primary N) is 1. The van der Waals surface area contributed by atoms with Gasteiger partial charge in [0.15, 0.2) is 0 Å². The van der Waals surface area contributed by atoms with E-state index in [4.69, 9.17) is 11.1 Å². The van der Waals surface area contributed by atoms with Crippen molar-refractivity contribution in [2.75, 3.05) is 6.54 Å². The molecule has 16 heavy (non-hydrogen) atoms. The Bertz CT molecular complexity index is 279. The van der Waals surface area contributed by atoms with Gasteiger partial charge >= 0.3 is 0 Å². The molecule has 4 fully saturated rings. The summed E-state index contributed by atoms with van der Waals surface area (Å²) in [6.45, 7) is 0.753. The third-order valence-electron chi connectivity index (χ3n) is 5.04. The Morgan fingerprint density at radius 1 is 1.06 bits per heavy atom. The lowest BCUT2D eigenvalue weighted by molar-refractivity contribution is -0.0654. The SMILES string of the molecule is N#CCCN(N)C1C2CC3CC(C2)CC1C3. The van der Waals surface area contributed by atoms with E-state index in [1.54, 1.807) is 0 Å². The molecule has 0 aromatic carbocycles. The minimum absolute atomic E-state index is 0.569. The highest BCUT2D eigenvalue weighted by atomic mass is 15.4. The van der Waals surface area contributed by atoms with E-state index in [9.17, 15) is 0 Å². The highest BCUT2D eigenvalue weighted by Crippen LogP contribution is 2.54. The molecule has 4 saturated carbocycles. The van der Waals surface area contributed by atoms with Crippen LogP contribution in [-0.4, -0.2) is 17.6 Å². The van der Waals surface area contributed by atoms with Crippen molar-refractivity contribution in [3.8, 4) is 6.07 Å².